The van der Waals surface area contributed by atoms with Gasteiger partial charge in [0.15, 0.2) is 0 Å². The lowest BCUT2D eigenvalue weighted by molar-refractivity contribution is -0.150. The molecule has 1 aromatic carbocycles. The van der Waals surface area contributed by atoms with Crippen LogP contribution in [0.2, 0.25) is 0 Å². The van der Waals surface area contributed by atoms with Crippen molar-refractivity contribution in [1.29, 1.82) is 0 Å². The highest BCUT2D eigenvalue weighted by Gasteiger charge is 2.39. The predicted octanol–water partition coefficient (Wildman–Crippen LogP) is 2.39. The fourth-order valence-corrected chi connectivity index (χ4v) is 2.15. The standard InChI is InChI=1S/C14H20FNO2/c1-3-8-14(10-16,13(17)18-4-2)11-6-5-7-12(15)9-11/h5-7,9H,3-4,8,10,16H2,1-2H3. The SMILES string of the molecule is CCCC(CN)(C(=O)OCC)c1cccc(F)c1. The Balaban J connectivity index is 3.21. The smallest absolute Gasteiger partial charge is 0.317 e. The Labute approximate surface area is 107 Å². The molecule has 0 radical (unpaired) electrons. The lowest BCUT2D eigenvalue weighted by atomic mass is 9.76. The molecule has 4 heteroatoms. The van der Waals surface area contributed by atoms with Crippen molar-refractivity contribution in [3.63, 3.8) is 0 Å². The van der Waals surface area contributed by atoms with E-state index in [1.165, 1.54) is 12.1 Å². The van der Waals surface area contributed by atoms with Crippen LogP contribution in [0.4, 0.5) is 4.39 Å². The lowest BCUT2D eigenvalue weighted by Gasteiger charge is -2.30. The molecule has 0 spiro atoms. The van der Waals surface area contributed by atoms with Gasteiger partial charge in [-0.3, -0.25) is 4.79 Å². The third kappa shape index (κ3) is 2.88. The lowest BCUT2D eigenvalue weighted by Crippen LogP contribution is -2.44. The molecular formula is C14H20FNO2. The highest BCUT2D eigenvalue weighted by atomic mass is 19.1. The van der Waals surface area contributed by atoms with Gasteiger partial charge in [0.2, 0.25) is 0 Å². The largest absolute Gasteiger partial charge is 0.465 e. The summed E-state index contributed by atoms with van der Waals surface area (Å²) in [7, 11) is 0. The van der Waals surface area contributed by atoms with E-state index in [2.05, 4.69) is 0 Å². The van der Waals surface area contributed by atoms with Gasteiger partial charge < -0.3 is 10.5 Å². The van der Waals surface area contributed by atoms with E-state index in [9.17, 15) is 9.18 Å². The molecule has 3 nitrogen and oxygen atoms in total. The molecule has 2 N–H and O–H groups in total. The van der Waals surface area contributed by atoms with Gasteiger partial charge in [0.1, 0.15) is 11.2 Å². The van der Waals surface area contributed by atoms with Crippen LogP contribution in [0, 0.1) is 5.82 Å². The molecule has 0 aromatic heterocycles. The zero-order chi connectivity index (χ0) is 13.6. The third-order valence-corrected chi connectivity index (χ3v) is 3.07. The average molecular weight is 253 g/mol. The van der Waals surface area contributed by atoms with Gasteiger partial charge in [-0.05, 0) is 31.0 Å². The highest BCUT2D eigenvalue weighted by molar-refractivity contribution is 5.83. The second-order valence-electron chi connectivity index (χ2n) is 4.27. The quantitative estimate of drug-likeness (QED) is 0.792. The number of halogens is 1. The van der Waals surface area contributed by atoms with E-state index in [1.807, 2.05) is 6.92 Å². The molecule has 100 valence electrons. The van der Waals surface area contributed by atoms with Crippen molar-refractivity contribution in [1.82, 2.24) is 0 Å². The summed E-state index contributed by atoms with van der Waals surface area (Å²) in [5.41, 5.74) is 5.43. The van der Waals surface area contributed by atoms with Gasteiger partial charge >= 0.3 is 5.97 Å². The van der Waals surface area contributed by atoms with Gasteiger partial charge in [0.25, 0.3) is 0 Å². The van der Waals surface area contributed by atoms with E-state index in [1.54, 1.807) is 19.1 Å². The van der Waals surface area contributed by atoms with Crippen LogP contribution in [0.5, 0.6) is 0 Å². The number of esters is 1. The first-order valence-corrected chi connectivity index (χ1v) is 6.24. The predicted molar refractivity (Wildman–Crippen MR) is 68.7 cm³/mol. The Morgan fingerprint density at radius 1 is 1.44 bits per heavy atom. The summed E-state index contributed by atoms with van der Waals surface area (Å²) >= 11 is 0. The van der Waals surface area contributed by atoms with Crippen LogP contribution < -0.4 is 5.73 Å². The number of hydrogen-bond acceptors (Lipinski definition) is 3. The van der Waals surface area contributed by atoms with E-state index >= 15 is 0 Å². The van der Waals surface area contributed by atoms with Crippen LogP contribution in [-0.4, -0.2) is 19.1 Å². The van der Waals surface area contributed by atoms with Gasteiger partial charge in [-0.1, -0.05) is 25.5 Å². The number of ether oxygens (including phenoxy) is 1. The van der Waals surface area contributed by atoms with Crippen LogP contribution >= 0.6 is 0 Å². The fraction of sp³-hybridized carbons (Fsp3) is 0.500. The van der Waals surface area contributed by atoms with Crippen LogP contribution in [0.15, 0.2) is 24.3 Å². The molecule has 0 amide bonds. The van der Waals surface area contributed by atoms with Crippen molar-refractivity contribution < 1.29 is 13.9 Å². The molecule has 0 aliphatic heterocycles. The topological polar surface area (TPSA) is 52.3 Å². The molecule has 1 rings (SSSR count). The maximum Gasteiger partial charge on any atom is 0.317 e. The Morgan fingerprint density at radius 3 is 2.67 bits per heavy atom. The molecule has 18 heavy (non-hydrogen) atoms. The van der Waals surface area contributed by atoms with E-state index in [-0.39, 0.29) is 18.3 Å². The van der Waals surface area contributed by atoms with Gasteiger partial charge in [0.05, 0.1) is 6.61 Å². The summed E-state index contributed by atoms with van der Waals surface area (Å²) in [4.78, 5) is 12.2. The molecule has 1 atom stereocenters. The number of hydrogen-bond donors (Lipinski definition) is 1. The van der Waals surface area contributed by atoms with E-state index in [0.717, 1.165) is 6.42 Å². The molecule has 0 fully saturated rings. The Kier molecular flexibility index (Phi) is 5.28. The second-order valence-corrected chi connectivity index (χ2v) is 4.27. The molecule has 0 aliphatic carbocycles. The number of carbonyl (C=O) groups is 1. The first-order chi connectivity index (χ1) is 8.60. The number of benzene rings is 1. The van der Waals surface area contributed by atoms with Crippen molar-refractivity contribution in [3.05, 3.63) is 35.6 Å². The van der Waals surface area contributed by atoms with Gasteiger partial charge in [-0.2, -0.15) is 0 Å². The first kappa shape index (κ1) is 14.6. The minimum absolute atomic E-state index is 0.114. The van der Waals surface area contributed by atoms with Gasteiger partial charge in [-0.15, -0.1) is 0 Å². The zero-order valence-electron chi connectivity index (χ0n) is 10.9. The maximum atomic E-state index is 13.3. The Hall–Kier alpha value is -1.42. The van der Waals surface area contributed by atoms with Crippen molar-refractivity contribution in [2.45, 2.75) is 32.1 Å². The molecule has 0 heterocycles. The maximum absolute atomic E-state index is 13.3. The average Bonchev–Trinajstić information content (AvgIpc) is 2.36. The van der Waals surface area contributed by atoms with Crippen LogP contribution in [0.25, 0.3) is 0 Å². The molecule has 0 saturated heterocycles. The molecule has 0 saturated carbocycles. The molecular weight excluding hydrogens is 233 g/mol. The van der Waals surface area contributed by atoms with Crippen LogP contribution in [0.1, 0.15) is 32.3 Å². The fourth-order valence-electron chi connectivity index (χ4n) is 2.15. The molecule has 1 unspecified atom stereocenters. The monoisotopic (exact) mass is 253 g/mol. The number of carbonyl (C=O) groups excluding carboxylic acids is 1. The highest BCUT2D eigenvalue weighted by Crippen LogP contribution is 2.30. The summed E-state index contributed by atoms with van der Waals surface area (Å²) in [6.45, 7) is 4.11. The number of rotatable bonds is 6. The van der Waals surface area contributed by atoms with Crippen molar-refractivity contribution in [2.24, 2.45) is 5.73 Å². The molecule has 1 aromatic rings. The van der Waals surface area contributed by atoms with Crippen molar-refractivity contribution >= 4 is 5.97 Å². The Bertz CT molecular complexity index is 409. The van der Waals surface area contributed by atoms with Crippen LogP contribution in [0.3, 0.4) is 0 Å². The number of nitrogens with two attached hydrogens (primary N) is 1. The molecule has 0 aliphatic rings. The zero-order valence-corrected chi connectivity index (χ0v) is 10.9. The summed E-state index contributed by atoms with van der Waals surface area (Å²) < 4.78 is 18.4. The normalized spacial score (nSPS) is 14.0. The summed E-state index contributed by atoms with van der Waals surface area (Å²) in [5, 5.41) is 0. The minimum atomic E-state index is -0.938. The summed E-state index contributed by atoms with van der Waals surface area (Å²) in [6.07, 6.45) is 1.32. The van der Waals surface area contributed by atoms with Gasteiger partial charge in [-0.25, -0.2) is 4.39 Å². The first-order valence-electron chi connectivity index (χ1n) is 6.24. The van der Waals surface area contributed by atoms with Crippen molar-refractivity contribution in [2.75, 3.05) is 13.2 Å². The summed E-state index contributed by atoms with van der Waals surface area (Å²) in [5.74, 6) is -0.745. The van der Waals surface area contributed by atoms with E-state index in [4.69, 9.17) is 10.5 Å². The molecule has 0 bridgehead atoms. The van der Waals surface area contributed by atoms with Crippen molar-refractivity contribution in [3.8, 4) is 0 Å². The minimum Gasteiger partial charge on any atom is -0.465 e. The van der Waals surface area contributed by atoms with Crippen LogP contribution in [-0.2, 0) is 14.9 Å². The van der Waals surface area contributed by atoms with Gasteiger partial charge in [0, 0.05) is 6.54 Å². The Morgan fingerprint density at radius 2 is 2.17 bits per heavy atom. The van der Waals surface area contributed by atoms with E-state index in [0.29, 0.717) is 18.6 Å². The van der Waals surface area contributed by atoms with E-state index < -0.39 is 5.41 Å². The second kappa shape index (κ2) is 6.50. The summed E-state index contributed by atoms with van der Waals surface area (Å²) in [6, 6.07) is 6.02. The third-order valence-electron chi connectivity index (χ3n) is 3.07.